The molecule has 0 aliphatic carbocycles. The molecule has 0 bridgehead atoms. The number of pyridine rings is 1. The molecule has 2 aromatic carbocycles. The number of benzene rings is 2. The molecule has 3 aromatic rings. The summed E-state index contributed by atoms with van der Waals surface area (Å²) in [6.45, 7) is 0. The molecule has 2 heteroatoms. The third-order valence-corrected chi connectivity index (χ3v) is 3.00. The standard InChI is InChI=1S/C13H8NSi/c15-13-7-3-6-12-10(13)8-9-4-1-2-5-11(9)14-12/h1-8H. The van der Waals surface area contributed by atoms with Crippen LogP contribution in [0.1, 0.15) is 0 Å². The molecule has 0 atom stereocenters. The first-order valence-corrected chi connectivity index (χ1v) is 5.35. The first-order chi connectivity index (χ1) is 7.34. The molecule has 0 aliphatic rings. The largest absolute Gasteiger partial charge is 0.248 e. The number of rotatable bonds is 0. The highest BCUT2D eigenvalue weighted by atomic mass is 28.1. The Balaban J connectivity index is 2.53. The summed E-state index contributed by atoms with van der Waals surface area (Å²) in [5, 5.41) is 3.43. The van der Waals surface area contributed by atoms with Gasteiger partial charge >= 0.3 is 0 Å². The van der Waals surface area contributed by atoms with Gasteiger partial charge in [-0.2, -0.15) is 0 Å². The average Bonchev–Trinajstić information content (AvgIpc) is 2.27. The van der Waals surface area contributed by atoms with Crippen LogP contribution in [0.25, 0.3) is 21.8 Å². The molecule has 0 fully saturated rings. The lowest BCUT2D eigenvalue weighted by Gasteiger charge is -2.03. The van der Waals surface area contributed by atoms with Crippen molar-refractivity contribution in [3.63, 3.8) is 0 Å². The predicted octanol–water partition coefficient (Wildman–Crippen LogP) is 2.18. The average molecular weight is 206 g/mol. The van der Waals surface area contributed by atoms with Crippen molar-refractivity contribution in [3.05, 3.63) is 48.5 Å². The van der Waals surface area contributed by atoms with Crippen LogP contribution in [0.15, 0.2) is 48.5 Å². The molecule has 0 N–H and O–H groups in total. The molecule has 1 nitrogen and oxygen atoms in total. The van der Waals surface area contributed by atoms with E-state index in [0.717, 1.165) is 21.6 Å². The molecule has 0 amide bonds. The number of para-hydroxylation sites is 1. The molecule has 69 valence electrons. The Bertz CT molecular complexity index is 646. The number of fused-ring (bicyclic) bond motifs is 2. The van der Waals surface area contributed by atoms with Crippen molar-refractivity contribution in [3.8, 4) is 0 Å². The van der Waals surface area contributed by atoms with Crippen LogP contribution in [0.5, 0.6) is 0 Å². The van der Waals surface area contributed by atoms with Gasteiger partial charge in [-0.25, -0.2) is 4.98 Å². The van der Waals surface area contributed by atoms with E-state index in [-0.39, 0.29) is 0 Å². The summed E-state index contributed by atoms with van der Waals surface area (Å²) in [6, 6.07) is 16.4. The van der Waals surface area contributed by atoms with E-state index in [1.54, 1.807) is 0 Å². The molecule has 1 heterocycles. The minimum absolute atomic E-state index is 1.03. The van der Waals surface area contributed by atoms with Gasteiger partial charge < -0.3 is 0 Å². The maximum Gasteiger partial charge on any atom is 0.0721 e. The minimum atomic E-state index is 1.03. The fraction of sp³-hybridized carbons (Fsp3) is 0. The van der Waals surface area contributed by atoms with Crippen LogP contribution < -0.4 is 5.19 Å². The molecule has 3 radical (unpaired) electrons. The Morgan fingerprint density at radius 2 is 1.67 bits per heavy atom. The van der Waals surface area contributed by atoms with Crippen molar-refractivity contribution in [1.29, 1.82) is 0 Å². The van der Waals surface area contributed by atoms with Crippen molar-refractivity contribution in [1.82, 2.24) is 4.98 Å². The summed E-state index contributed by atoms with van der Waals surface area (Å²) in [6.07, 6.45) is 0. The second-order valence-corrected chi connectivity index (χ2v) is 4.09. The zero-order valence-corrected chi connectivity index (χ0v) is 9.07. The van der Waals surface area contributed by atoms with E-state index in [1.807, 2.05) is 36.4 Å². The first kappa shape index (κ1) is 8.62. The maximum absolute atomic E-state index is 4.61. The van der Waals surface area contributed by atoms with Gasteiger partial charge in [0.2, 0.25) is 0 Å². The van der Waals surface area contributed by atoms with E-state index in [9.17, 15) is 0 Å². The molecule has 0 saturated heterocycles. The summed E-state index contributed by atoms with van der Waals surface area (Å²) in [7, 11) is 3.60. The zero-order chi connectivity index (χ0) is 10.3. The fourth-order valence-electron chi connectivity index (χ4n) is 1.80. The smallest absolute Gasteiger partial charge is 0.0721 e. The van der Waals surface area contributed by atoms with Gasteiger partial charge in [-0.05, 0) is 23.6 Å². The Hall–Kier alpha value is -1.67. The van der Waals surface area contributed by atoms with E-state index in [1.165, 1.54) is 5.39 Å². The van der Waals surface area contributed by atoms with Crippen LogP contribution in [0.4, 0.5) is 0 Å². The molecule has 1 aromatic heterocycles. The second-order valence-electron chi connectivity index (χ2n) is 3.55. The van der Waals surface area contributed by atoms with Gasteiger partial charge in [0.05, 0.1) is 21.3 Å². The molecule has 3 rings (SSSR count). The fourth-order valence-corrected chi connectivity index (χ4v) is 2.10. The number of hydrogen-bond acceptors (Lipinski definition) is 1. The van der Waals surface area contributed by atoms with Crippen LogP contribution >= 0.6 is 0 Å². The van der Waals surface area contributed by atoms with E-state index in [0.29, 0.717) is 0 Å². The predicted molar refractivity (Wildman–Crippen MR) is 64.6 cm³/mol. The first-order valence-electron chi connectivity index (χ1n) is 4.85. The van der Waals surface area contributed by atoms with Crippen molar-refractivity contribution in [2.45, 2.75) is 0 Å². The summed E-state index contributed by atoms with van der Waals surface area (Å²) in [4.78, 5) is 4.61. The van der Waals surface area contributed by atoms with Gasteiger partial charge in [-0.1, -0.05) is 35.5 Å². The molecule has 0 saturated carbocycles. The van der Waals surface area contributed by atoms with Crippen LogP contribution in [0.3, 0.4) is 0 Å². The van der Waals surface area contributed by atoms with Gasteiger partial charge in [-0.3, -0.25) is 0 Å². The van der Waals surface area contributed by atoms with Gasteiger partial charge in [0, 0.05) is 5.39 Å². The molecular weight excluding hydrogens is 198 g/mol. The molecule has 15 heavy (non-hydrogen) atoms. The van der Waals surface area contributed by atoms with E-state index >= 15 is 0 Å². The second kappa shape index (κ2) is 3.17. The zero-order valence-electron chi connectivity index (χ0n) is 8.07. The van der Waals surface area contributed by atoms with Crippen LogP contribution in [0, 0.1) is 0 Å². The lowest BCUT2D eigenvalue weighted by atomic mass is 10.1. The summed E-state index contributed by atoms with van der Waals surface area (Å²) in [5.41, 5.74) is 2.07. The monoisotopic (exact) mass is 206 g/mol. The molecule has 0 aliphatic heterocycles. The molecule has 0 unspecified atom stereocenters. The third kappa shape index (κ3) is 1.34. The lowest BCUT2D eigenvalue weighted by molar-refractivity contribution is 1.50. The van der Waals surface area contributed by atoms with Crippen LogP contribution in [-0.4, -0.2) is 15.2 Å². The number of aromatic nitrogens is 1. The lowest BCUT2D eigenvalue weighted by Crippen LogP contribution is -2.03. The Morgan fingerprint density at radius 3 is 2.60 bits per heavy atom. The van der Waals surface area contributed by atoms with Crippen LogP contribution in [-0.2, 0) is 0 Å². The Morgan fingerprint density at radius 1 is 0.867 bits per heavy atom. The molecular formula is C13H8NSi. The minimum Gasteiger partial charge on any atom is -0.248 e. The Kier molecular flexibility index (Phi) is 1.82. The van der Waals surface area contributed by atoms with Crippen molar-refractivity contribution >= 4 is 37.2 Å². The van der Waals surface area contributed by atoms with Crippen LogP contribution in [0.2, 0.25) is 0 Å². The normalized spacial score (nSPS) is 11.0. The van der Waals surface area contributed by atoms with Crippen molar-refractivity contribution < 1.29 is 0 Å². The molecule has 0 spiro atoms. The SMILES string of the molecule is [Si]c1cccc2nc3ccccc3cc12. The number of hydrogen-bond donors (Lipinski definition) is 0. The van der Waals surface area contributed by atoms with Crippen molar-refractivity contribution in [2.24, 2.45) is 0 Å². The highest BCUT2D eigenvalue weighted by molar-refractivity contribution is 6.38. The third-order valence-electron chi connectivity index (χ3n) is 2.56. The van der Waals surface area contributed by atoms with Gasteiger partial charge in [0.15, 0.2) is 0 Å². The van der Waals surface area contributed by atoms with Gasteiger partial charge in [0.25, 0.3) is 0 Å². The van der Waals surface area contributed by atoms with E-state index in [4.69, 9.17) is 0 Å². The number of nitrogens with zero attached hydrogens (tertiary/aromatic N) is 1. The van der Waals surface area contributed by atoms with E-state index < -0.39 is 0 Å². The summed E-state index contributed by atoms with van der Waals surface area (Å²) < 4.78 is 0. The maximum atomic E-state index is 4.61. The topological polar surface area (TPSA) is 12.9 Å². The Labute approximate surface area is 91.2 Å². The highest BCUT2D eigenvalue weighted by Gasteiger charge is 2.00. The van der Waals surface area contributed by atoms with Gasteiger partial charge in [0.1, 0.15) is 0 Å². The quantitative estimate of drug-likeness (QED) is 0.406. The summed E-state index contributed by atoms with van der Waals surface area (Å²) >= 11 is 0. The summed E-state index contributed by atoms with van der Waals surface area (Å²) in [5.74, 6) is 0. The van der Waals surface area contributed by atoms with E-state index in [2.05, 4.69) is 27.4 Å². The van der Waals surface area contributed by atoms with Gasteiger partial charge in [-0.15, -0.1) is 0 Å². The van der Waals surface area contributed by atoms with Crippen molar-refractivity contribution in [2.75, 3.05) is 0 Å². The highest BCUT2D eigenvalue weighted by Crippen LogP contribution is 2.17.